The molecular weight excluding hydrogens is 236 g/mol. The molecule has 0 amide bonds. The second-order valence-electron chi connectivity index (χ2n) is 4.22. The largest absolute Gasteiger partial charge is 0.457 e. The third kappa shape index (κ3) is 3.32. The fraction of sp³-hybridized carbons (Fsp3) is 0.118. The minimum absolute atomic E-state index is 0.0564. The molecule has 0 unspecified atom stereocenters. The van der Waals surface area contributed by atoms with E-state index in [9.17, 15) is 4.79 Å². The summed E-state index contributed by atoms with van der Waals surface area (Å²) in [6.07, 6.45) is 3.97. The van der Waals surface area contributed by atoms with Crippen molar-refractivity contribution in [2.75, 3.05) is 0 Å². The summed E-state index contributed by atoms with van der Waals surface area (Å²) in [5.41, 5.74) is 1.72. The Morgan fingerprint density at radius 3 is 2.37 bits per heavy atom. The molecule has 0 radical (unpaired) electrons. The second kappa shape index (κ2) is 6.01. The molecule has 2 aromatic carbocycles. The Balaban J connectivity index is 2.23. The molecule has 0 fully saturated rings. The van der Waals surface area contributed by atoms with Crippen LogP contribution in [0.15, 0.2) is 54.6 Å². The molecule has 0 saturated heterocycles. The van der Waals surface area contributed by atoms with Crippen molar-refractivity contribution < 1.29 is 9.53 Å². The molecule has 2 rings (SSSR count). The first-order valence-electron chi connectivity index (χ1n) is 6.21. The molecule has 2 aromatic rings. The van der Waals surface area contributed by atoms with Crippen LogP contribution in [0.2, 0.25) is 0 Å². The summed E-state index contributed by atoms with van der Waals surface area (Å²) in [6, 6.07) is 15.0. The van der Waals surface area contributed by atoms with Gasteiger partial charge in [0.15, 0.2) is 5.78 Å². The van der Waals surface area contributed by atoms with Gasteiger partial charge in [0.25, 0.3) is 0 Å². The van der Waals surface area contributed by atoms with E-state index in [1.54, 1.807) is 19.1 Å². The minimum Gasteiger partial charge on any atom is -0.457 e. The molecule has 0 heterocycles. The van der Waals surface area contributed by atoms with E-state index < -0.39 is 0 Å². The van der Waals surface area contributed by atoms with Gasteiger partial charge in [0.1, 0.15) is 11.5 Å². The van der Waals surface area contributed by atoms with Gasteiger partial charge in [-0.25, -0.2) is 0 Å². The Morgan fingerprint density at radius 2 is 1.74 bits per heavy atom. The summed E-state index contributed by atoms with van der Waals surface area (Å²) in [5.74, 6) is 1.58. The molecule has 0 atom stereocenters. The Labute approximate surface area is 113 Å². The lowest BCUT2D eigenvalue weighted by atomic mass is 10.1. The molecule has 0 saturated carbocycles. The van der Waals surface area contributed by atoms with Gasteiger partial charge >= 0.3 is 0 Å². The number of para-hydroxylation sites is 1. The van der Waals surface area contributed by atoms with Gasteiger partial charge in [0.2, 0.25) is 0 Å². The molecule has 2 nitrogen and oxygen atoms in total. The van der Waals surface area contributed by atoms with Crippen LogP contribution in [-0.2, 0) is 0 Å². The minimum atomic E-state index is 0.0564. The van der Waals surface area contributed by atoms with Crippen molar-refractivity contribution in [2.45, 2.75) is 13.8 Å². The van der Waals surface area contributed by atoms with Crippen LogP contribution >= 0.6 is 0 Å². The third-order valence-corrected chi connectivity index (χ3v) is 2.75. The first kappa shape index (κ1) is 13.1. The van der Waals surface area contributed by atoms with E-state index in [1.807, 2.05) is 55.5 Å². The zero-order chi connectivity index (χ0) is 13.7. The highest BCUT2D eigenvalue weighted by Crippen LogP contribution is 2.26. The van der Waals surface area contributed by atoms with Gasteiger partial charge in [-0.2, -0.15) is 0 Å². The summed E-state index contributed by atoms with van der Waals surface area (Å²) in [7, 11) is 0. The van der Waals surface area contributed by atoms with Crippen molar-refractivity contribution in [1.82, 2.24) is 0 Å². The summed E-state index contributed by atoms with van der Waals surface area (Å²) in [4.78, 5) is 11.2. The van der Waals surface area contributed by atoms with Gasteiger partial charge < -0.3 is 4.74 Å². The average molecular weight is 252 g/mol. The highest BCUT2D eigenvalue weighted by atomic mass is 16.5. The van der Waals surface area contributed by atoms with Gasteiger partial charge in [-0.15, -0.1) is 0 Å². The van der Waals surface area contributed by atoms with E-state index >= 15 is 0 Å². The number of ketones is 1. The van der Waals surface area contributed by atoms with Crippen molar-refractivity contribution >= 4 is 11.9 Å². The maximum atomic E-state index is 11.2. The van der Waals surface area contributed by atoms with Gasteiger partial charge in [0.05, 0.1) is 0 Å². The highest BCUT2D eigenvalue weighted by Gasteiger charge is 2.03. The lowest BCUT2D eigenvalue weighted by Gasteiger charge is -2.09. The van der Waals surface area contributed by atoms with Crippen LogP contribution in [0.4, 0.5) is 0 Å². The Morgan fingerprint density at radius 1 is 1.05 bits per heavy atom. The van der Waals surface area contributed by atoms with Crippen LogP contribution in [0.5, 0.6) is 11.5 Å². The van der Waals surface area contributed by atoms with Crippen molar-refractivity contribution in [3.05, 3.63) is 65.7 Å². The van der Waals surface area contributed by atoms with Crippen molar-refractivity contribution in [2.24, 2.45) is 0 Å². The quantitative estimate of drug-likeness (QED) is 0.736. The SMILES string of the molecule is C/C=C/c1ccccc1Oc1ccc(C(C)=O)cc1. The first-order chi connectivity index (χ1) is 9.20. The van der Waals surface area contributed by atoms with Crippen molar-refractivity contribution in [3.8, 4) is 11.5 Å². The van der Waals surface area contributed by atoms with E-state index in [0.29, 0.717) is 5.56 Å². The number of benzene rings is 2. The number of carbonyl (C=O) groups is 1. The molecule has 2 heteroatoms. The predicted molar refractivity (Wildman–Crippen MR) is 77.7 cm³/mol. The maximum Gasteiger partial charge on any atom is 0.159 e. The van der Waals surface area contributed by atoms with Gasteiger partial charge in [-0.3, -0.25) is 4.79 Å². The van der Waals surface area contributed by atoms with E-state index in [4.69, 9.17) is 4.74 Å². The third-order valence-electron chi connectivity index (χ3n) is 2.75. The molecule has 0 bridgehead atoms. The predicted octanol–water partition coefficient (Wildman–Crippen LogP) is 4.71. The number of allylic oxidation sites excluding steroid dienone is 1. The number of rotatable bonds is 4. The molecule has 0 aliphatic rings. The maximum absolute atomic E-state index is 11.2. The van der Waals surface area contributed by atoms with E-state index in [1.165, 1.54) is 0 Å². The van der Waals surface area contributed by atoms with Gasteiger partial charge in [-0.1, -0.05) is 30.4 Å². The molecule has 0 spiro atoms. The Hall–Kier alpha value is -2.35. The number of hydrogen-bond donors (Lipinski definition) is 0. The van der Waals surface area contributed by atoms with Crippen molar-refractivity contribution in [1.29, 1.82) is 0 Å². The van der Waals surface area contributed by atoms with Crippen LogP contribution in [0.3, 0.4) is 0 Å². The van der Waals surface area contributed by atoms with Gasteiger partial charge in [-0.05, 0) is 44.2 Å². The second-order valence-corrected chi connectivity index (χ2v) is 4.22. The molecule has 0 aromatic heterocycles. The topological polar surface area (TPSA) is 26.3 Å². The Bertz CT molecular complexity index is 595. The lowest BCUT2D eigenvalue weighted by molar-refractivity contribution is 0.101. The molecule has 0 aliphatic heterocycles. The van der Waals surface area contributed by atoms with E-state index in [-0.39, 0.29) is 5.78 Å². The molecular formula is C17H16O2. The van der Waals surface area contributed by atoms with Crippen LogP contribution in [0.1, 0.15) is 29.8 Å². The van der Waals surface area contributed by atoms with E-state index in [2.05, 4.69) is 0 Å². The zero-order valence-corrected chi connectivity index (χ0v) is 11.1. The zero-order valence-electron chi connectivity index (χ0n) is 11.1. The average Bonchev–Trinajstić information content (AvgIpc) is 2.42. The number of ether oxygens (including phenoxy) is 1. The van der Waals surface area contributed by atoms with Crippen LogP contribution in [-0.4, -0.2) is 5.78 Å². The highest BCUT2D eigenvalue weighted by molar-refractivity contribution is 5.94. The summed E-state index contributed by atoms with van der Waals surface area (Å²) >= 11 is 0. The first-order valence-corrected chi connectivity index (χ1v) is 6.21. The number of hydrogen-bond acceptors (Lipinski definition) is 2. The number of Topliss-reactive ketones (excluding diaryl/α,β-unsaturated/α-hetero) is 1. The fourth-order valence-electron chi connectivity index (χ4n) is 1.78. The molecule has 96 valence electrons. The van der Waals surface area contributed by atoms with Crippen LogP contribution in [0.25, 0.3) is 6.08 Å². The van der Waals surface area contributed by atoms with Crippen LogP contribution in [0, 0.1) is 0 Å². The fourth-order valence-corrected chi connectivity index (χ4v) is 1.78. The normalized spacial score (nSPS) is 10.6. The van der Waals surface area contributed by atoms with Gasteiger partial charge in [0, 0.05) is 11.1 Å². The summed E-state index contributed by atoms with van der Waals surface area (Å²) < 4.78 is 5.83. The molecule has 0 N–H and O–H groups in total. The smallest absolute Gasteiger partial charge is 0.159 e. The molecule has 19 heavy (non-hydrogen) atoms. The summed E-state index contributed by atoms with van der Waals surface area (Å²) in [6.45, 7) is 3.52. The summed E-state index contributed by atoms with van der Waals surface area (Å²) in [5, 5.41) is 0. The standard InChI is InChI=1S/C17H16O2/c1-3-6-15-7-4-5-8-17(15)19-16-11-9-14(10-12-16)13(2)18/h3-12H,1-2H3/b6-3+. The lowest BCUT2D eigenvalue weighted by Crippen LogP contribution is -1.92. The van der Waals surface area contributed by atoms with Crippen LogP contribution < -0.4 is 4.74 Å². The number of carbonyl (C=O) groups excluding carboxylic acids is 1. The van der Waals surface area contributed by atoms with E-state index in [0.717, 1.165) is 17.1 Å². The molecule has 0 aliphatic carbocycles. The van der Waals surface area contributed by atoms with Crippen molar-refractivity contribution in [3.63, 3.8) is 0 Å². The monoisotopic (exact) mass is 252 g/mol. The Kier molecular flexibility index (Phi) is 4.14.